The van der Waals surface area contributed by atoms with E-state index in [9.17, 15) is 4.79 Å². The number of carbonyl (C=O) groups is 1. The SMILES string of the molecule is CN(Cc1csc(Br)c1)c1ccc(C(=O)O)nc1. The van der Waals surface area contributed by atoms with E-state index in [-0.39, 0.29) is 5.69 Å². The van der Waals surface area contributed by atoms with E-state index in [1.807, 2.05) is 11.9 Å². The maximum Gasteiger partial charge on any atom is 0.354 e. The first kappa shape index (κ1) is 13.0. The molecular weight excluding hydrogens is 316 g/mol. The Hall–Kier alpha value is -1.40. The summed E-state index contributed by atoms with van der Waals surface area (Å²) in [5, 5.41) is 10.9. The van der Waals surface area contributed by atoms with Crippen LogP contribution >= 0.6 is 27.3 Å². The number of anilines is 1. The van der Waals surface area contributed by atoms with E-state index in [1.165, 1.54) is 11.6 Å². The number of hydrogen-bond donors (Lipinski definition) is 1. The summed E-state index contributed by atoms with van der Waals surface area (Å²) in [6.45, 7) is 0.760. The molecule has 0 bridgehead atoms. The van der Waals surface area contributed by atoms with Gasteiger partial charge in [-0.15, -0.1) is 11.3 Å². The lowest BCUT2D eigenvalue weighted by Gasteiger charge is -2.18. The molecule has 94 valence electrons. The van der Waals surface area contributed by atoms with Crippen molar-refractivity contribution in [2.24, 2.45) is 0 Å². The summed E-state index contributed by atoms with van der Waals surface area (Å²) in [5.41, 5.74) is 2.16. The zero-order chi connectivity index (χ0) is 13.1. The van der Waals surface area contributed by atoms with E-state index in [1.54, 1.807) is 23.6 Å². The second kappa shape index (κ2) is 5.49. The normalized spacial score (nSPS) is 10.3. The fourth-order valence-electron chi connectivity index (χ4n) is 1.53. The summed E-state index contributed by atoms with van der Waals surface area (Å²) in [4.78, 5) is 16.6. The first-order chi connectivity index (χ1) is 8.56. The van der Waals surface area contributed by atoms with Gasteiger partial charge in [0.2, 0.25) is 0 Å². The van der Waals surface area contributed by atoms with Gasteiger partial charge in [0.25, 0.3) is 0 Å². The van der Waals surface area contributed by atoms with Crippen LogP contribution in [0.4, 0.5) is 5.69 Å². The highest BCUT2D eigenvalue weighted by molar-refractivity contribution is 9.11. The van der Waals surface area contributed by atoms with E-state index >= 15 is 0 Å². The van der Waals surface area contributed by atoms with Crippen LogP contribution in [0.3, 0.4) is 0 Å². The van der Waals surface area contributed by atoms with Crippen LogP contribution in [-0.4, -0.2) is 23.1 Å². The van der Waals surface area contributed by atoms with Crippen LogP contribution in [0, 0.1) is 0 Å². The van der Waals surface area contributed by atoms with Crippen LogP contribution in [-0.2, 0) is 6.54 Å². The van der Waals surface area contributed by atoms with Gasteiger partial charge in [0.05, 0.1) is 15.7 Å². The summed E-state index contributed by atoms with van der Waals surface area (Å²) < 4.78 is 1.10. The molecule has 0 saturated carbocycles. The molecule has 6 heteroatoms. The molecule has 1 N–H and O–H groups in total. The maximum atomic E-state index is 10.7. The zero-order valence-corrected chi connectivity index (χ0v) is 12.0. The van der Waals surface area contributed by atoms with Crippen molar-refractivity contribution in [3.05, 3.63) is 44.8 Å². The van der Waals surface area contributed by atoms with E-state index in [2.05, 4.69) is 32.4 Å². The lowest BCUT2D eigenvalue weighted by atomic mass is 10.3. The number of nitrogens with zero attached hydrogens (tertiary/aromatic N) is 2. The predicted octanol–water partition coefficient (Wildman–Crippen LogP) is 3.24. The molecule has 2 aromatic heterocycles. The van der Waals surface area contributed by atoms with Crippen molar-refractivity contribution in [1.29, 1.82) is 0 Å². The summed E-state index contributed by atoms with van der Waals surface area (Å²) >= 11 is 5.07. The zero-order valence-electron chi connectivity index (χ0n) is 9.63. The van der Waals surface area contributed by atoms with Crippen LogP contribution in [0.1, 0.15) is 16.1 Å². The number of pyridine rings is 1. The Labute approximate surface area is 117 Å². The van der Waals surface area contributed by atoms with Crippen LogP contribution in [0.15, 0.2) is 33.6 Å². The molecule has 0 amide bonds. The molecule has 4 nitrogen and oxygen atoms in total. The molecular formula is C12H11BrN2O2S. The summed E-state index contributed by atoms with van der Waals surface area (Å²) in [7, 11) is 1.95. The first-order valence-electron chi connectivity index (χ1n) is 5.19. The Morgan fingerprint density at radius 2 is 2.33 bits per heavy atom. The van der Waals surface area contributed by atoms with Gasteiger partial charge in [0.15, 0.2) is 0 Å². The summed E-state index contributed by atoms with van der Waals surface area (Å²) in [5.74, 6) is -1.01. The first-order valence-corrected chi connectivity index (χ1v) is 6.87. The van der Waals surface area contributed by atoms with Crippen molar-refractivity contribution in [3.8, 4) is 0 Å². The van der Waals surface area contributed by atoms with Gasteiger partial charge in [-0.2, -0.15) is 0 Å². The number of halogens is 1. The van der Waals surface area contributed by atoms with Crippen molar-refractivity contribution < 1.29 is 9.90 Å². The smallest absolute Gasteiger partial charge is 0.354 e. The average molecular weight is 327 g/mol. The molecule has 0 spiro atoms. The summed E-state index contributed by atoms with van der Waals surface area (Å²) in [6.07, 6.45) is 1.57. The van der Waals surface area contributed by atoms with Crippen molar-refractivity contribution in [3.63, 3.8) is 0 Å². The van der Waals surface area contributed by atoms with Gasteiger partial charge in [-0.3, -0.25) is 0 Å². The number of hydrogen-bond acceptors (Lipinski definition) is 4. The number of carboxylic acid groups (broad SMARTS) is 1. The minimum absolute atomic E-state index is 0.0606. The lowest BCUT2D eigenvalue weighted by molar-refractivity contribution is 0.0690. The highest BCUT2D eigenvalue weighted by Crippen LogP contribution is 2.23. The Morgan fingerprint density at radius 1 is 1.56 bits per heavy atom. The van der Waals surface area contributed by atoms with Crippen molar-refractivity contribution in [1.82, 2.24) is 4.98 Å². The number of carboxylic acids is 1. The van der Waals surface area contributed by atoms with Gasteiger partial charge in [-0.05, 0) is 45.1 Å². The van der Waals surface area contributed by atoms with Crippen LogP contribution in [0.2, 0.25) is 0 Å². The van der Waals surface area contributed by atoms with E-state index in [0.29, 0.717) is 0 Å². The van der Waals surface area contributed by atoms with Gasteiger partial charge < -0.3 is 10.0 Å². The van der Waals surface area contributed by atoms with Crippen LogP contribution < -0.4 is 4.90 Å². The molecule has 0 fully saturated rings. The second-order valence-electron chi connectivity index (χ2n) is 3.82. The van der Waals surface area contributed by atoms with Gasteiger partial charge in [-0.25, -0.2) is 9.78 Å². The van der Waals surface area contributed by atoms with E-state index in [0.717, 1.165) is 16.0 Å². The molecule has 0 aliphatic rings. The summed E-state index contributed by atoms with van der Waals surface area (Å²) in [6, 6.07) is 5.34. The molecule has 0 aliphatic heterocycles. The third kappa shape index (κ3) is 3.08. The molecule has 0 radical (unpaired) electrons. The topological polar surface area (TPSA) is 53.4 Å². The third-order valence-electron chi connectivity index (χ3n) is 2.45. The van der Waals surface area contributed by atoms with Gasteiger partial charge in [-0.1, -0.05) is 0 Å². The van der Waals surface area contributed by atoms with E-state index < -0.39 is 5.97 Å². The maximum absolute atomic E-state index is 10.7. The monoisotopic (exact) mass is 326 g/mol. The molecule has 0 aromatic carbocycles. The molecule has 0 unspecified atom stereocenters. The van der Waals surface area contributed by atoms with Crippen LogP contribution in [0.5, 0.6) is 0 Å². The van der Waals surface area contributed by atoms with Gasteiger partial charge in [0, 0.05) is 13.6 Å². The predicted molar refractivity (Wildman–Crippen MR) is 75.3 cm³/mol. The Kier molecular flexibility index (Phi) is 3.98. The second-order valence-corrected chi connectivity index (χ2v) is 6.11. The molecule has 18 heavy (non-hydrogen) atoms. The molecule has 2 heterocycles. The standard InChI is InChI=1S/C12H11BrN2O2S/c1-15(6-8-4-11(13)18-7-8)9-2-3-10(12(16)17)14-5-9/h2-5,7H,6H2,1H3,(H,16,17). The number of aromatic carboxylic acids is 1. The number of rotatable bonds is 4. The lowest BCUT2D eigenvalue weighted by Crippen LogP contribution is -2.16. The number of aromatic nitrogens is 1. The molecule has 0 aliphatic carbocycles. The fraction of sp³-hybridized carbons (Fsp3) is 0.167. The highest BCUT2D eigenvalue weighted by Gasteiger charge is 2.07. The highest BCUT2D eigenvalue weighted by atomic mass is 79.9. The molecule has 2 aromatic rings. The van der Waals surface area contributed by atoms with Crippen molar-refractivity contribution in [2.75, 3.05) is 11.9 Å². The van der Waals surface area contributed by atoms with E-state index in [4.69, 9.17) is 5.11 Å². The quantitative estimate of drug-likeness (QED) is 0.937. The molecule has 0 atom stereocenters. The molecule has 0 saturated heterocycles. The largest absolute Gasteiger partial charge is 0.477 e. The van der Waals surface area contributed by atoms with Crippen molar-refractivity contribution >= 4 is 38.9 Å². The average Bonchev–Trinajstić information content (AvgIpc) is 2.75. The molecule has 2 rings (SSSR count). The van der Waals surface area contributed by atoms with Gasteiger partial charge >= 0.3 is 5.97 Å². The fourth-order valence-corrected chi connectivity index (χ4v) is 2.73. The third-order valence-corrected chi connectivity index (χ3v) is 4.00. The minimum atomic E-state index is -1.01. The Bertz CT molecular complexity index is 553. The Balaban J connectivity index is 2.09. The Morgan fingerprint density at radius 3 is 2.83 bits per heavy atom. The van der Waals surface area contributed by atoms with Gasteiger partial charge in [0.1, 0.15) is 5.69 Å². The van der Waals surface area contributed by atoms with Crippen molar-refractivity contribution in [2.45, 2.75) is 6.54 Å². The van der Waals surface area contributed by atoms with Crippen LogP contribution in [0.25, 0.3) is 0 Å². The minimum Gasteiger partial charge on any atom is -0.477 e. The number of thiophene rings is 1.